The van der Waals surface area contributed by atoms with E-state index in [-0.39, 0.29) is 17.5 Å². The standard InChI is InChI=1S/C21H22N2O/c1-3-10-20(18-13-8-5-9-14-18)23(2)21(24)19(16-22)15-17-11-6-4-7-12-17/h4-9,11-15,20H,3,10H2,1-2H3/b19-15+. The summed E-state index contributed by atoms with van der Waals surface area (Å²) >= 11 is 0. The molecule has 1 unspecified atom stereocenters. The van der Waals surface area contributed by atoms with Crippen LogP contribution in [0.3, 0.4) is 0 Å². The SMILES string of the molecule is CCCC(c1ccccc1)N(C)C(=O)/C(C#N)=C/c1ccccc1. The molecular formula is C21H22N2O. The molecular weight excluding hydrogens is 296 g/mol. The second kappa shape index (κ2) is 8.69. The van der Waals surface area contributed by atoms with Gasteiger partial charge in [0.25, 0.3) is 5.91 Å². The van der Waals surface area contributed by atoms with Gasteiger partial charge in [0.2, 0.25) is 0 Å². The Hall–Kier alpha value is -2.86. The predicted molar refractivity (Wildman–Crippen MR) is 96.9 cm³/mol. The van der Waals surface area contributed by atoms with Crippen LogP contribution in [0.25, 0.3) is 6.08 Å². The van der Waals surface area contributed by atoms with E-state index in [0.717, 1.165) is 24.0 Å². The Morgan fingerprint density at radius 3 is 2.25 bits per heavy atom. The lowest BCUT2D eigenvalue weighted by atomic mass is 10.00. The highest BCUT2D eigenvalue weighted by molar-refractivity contribution is 6.01. The van der Waals surface area contributed by atoms with Crippen molar-refractivity contribution in [3.63, 3.8) is 0 Å². The summed E-state index contributed by atoms with van der Waals surface area (Å²) in [6.45, 7) is 2.10. The Kier molecular flexibility index (Phi) is 6.33. The minimum atomic E-state index is -0.247. The van der Waals surface area contributed by atoms with Crippen LogP contribution in [0, 0.1) is 11.3 Å². The number of hydrogen-bond donors (Lipinski definition) is 0. The van der Waals surface area contributed by atoms with E-state index in [0.29, 0.717) is 0 Å². The molecule has 0 spiro atoms. The molecule has 0 aromatic heterocycles. The first kappa shape index (κ1) is 17.5. The van der Waals surface area contributed by atoms with Crippen molar-refractivity contribution in [2.24, 2.45) is 0 Å². The fourth-order valence-corrected chi connectivity index (χ4v) is 2.72. The van der Waals surface area contributed by atoms with Crippen molar-refractivity contribution in [1.29, 1.82) is 5.26 Å². The van der Waals surface area contributed by atoms with Crippen LogP contribution in [0.5, 0.6) is 0 Å². The third kappa shape index (κ3) is 4.33. The predicted octanol–water partition coefficient (Wildman–Crippen LogP) is 4.59. The van der Waals surface area contributed by atoms with Crippen molar-refractivity contribution < 1.29 is 4.79 Å². The molecule has 3 nitrogen and oxygen atoms in total. The molecule has 0 saturated heterocycles. The van der Waals surface area contributed by atoms with Gasteiger partial charge in [0.1, 0.15) is 11.6 Å². The molecule has 0 radical (unpaired) electrons. The molecule has 2 aromatic carbocycles. The maximum Gasteiger partial charge on any atom is 0.264 e. The highest BCUT2D eigenvalue weighted by Gasteiger charge is 2.23. The van der Waals surface area contributed by atoms with Crippen molar-refractivity contribution in [3.05, 3.63) is 77.4 Å². The molecule has 0 fully saturated rings. The monoisotopic (exact) mass is 318 g/mol. The molecule has 0 heterocycles. The maximum absolute atomic E-state index is 12.8. The number of likely N-dealkylation sites (N-methyl/N-ethyl adjacent to an activating group) is 1. The fraction of sp³-hybridized carbons (Fsp3) is 0.238. The van der Waals surface area contributed by atoms with Crippen molar-refractivity contribution in [3.8, 4) is 6.07 Å². The quantitative estimate of drug-likeness (QED) is 0.577. The van der Waals surface area contributed by atoms with Crippen LogP contribution < -0.4 is 0 Å². The molecule has 2 aromatic rings. The molecule has 2 rings (SSSR count). The molecule has 1 amide bonds. The molecule has 1 atom stereocenters. The number of amides is 1. The molecule has 122 valence electrons. The van der Waals surface area contributed by atoms with E-state index in [1.54, 1.807) is 18.0 Å². The zero-order valence-corrected chi connectivity index (χ0v) is 14.1. The van der Waals surface area contributed by atoms with Crippen LogP contribution in [0.15, 0.2) is 66.2 Å². The smallest absolute Gasteiger partial charge is 0.264 e. The van der Waals surface area contributed by atoms with Crippen molar-refractivity contribution in [2.45, 2.75) is 25.8 Å². The lowest BCUT2D eigenvalue weighted by Crippen LogP contribution is -2.32. The van der Waals surface area contributed by atoms with Crippen LogP contribution in [-0.2, 0) is 4.79 Å². The van der Waals surface area contributed by atoms with Gasteiger partial charge in [-0.3, -0.25) is 4.79 Å². The highest BCUT2D eigenvalue weighted by atomic mass is 16.2. The normalized spacial score (nSPS) is 12.3. The van der Waals surface area contributed by atoms with Gasteiger partial charge >= 0.3 is 0 Å². The zero-order valence-electron chi connectivity index (χ0n) is 14.1. The summed E-state index contributed by atoms with van der Waals surface area (Å²) in [5.41, 5.74) is 2.09. The zero-order chi connectivity index (χ0) is 17.4. The summed E-state index contributed by atoms with van der Waals surface area (Å²) in [7, 11) is 1.77. The van der Waals surface area contributed by atoms with E-state index in [1.807, 2.05) is 66.7 Å². The second-order valence-corrected chi connectivity index (χ2v) is 5.71. The number of carbonyl (C=O) groups is 1. The van der Waals surface area contributed by atoms with Gasteiger partial charge in [0.15, 0.2) is 0 Å². The summed E-state index contributed by atoms with van der Waals surface area (Å²) in [4.78, 5) is 14.5. The topological polar surface area (TPSA) is 44.1 Å². The van der Waals surface area contributed by atoms with E-state index < -0.39 is 0 Å². The molecule has 24 heavy (non-hydrogen) atoms. The first-order valence-electron chi connectivity index (χ1n) is 8.16. The van der Waals surface area contributed by atoms with Gasteiger partial charge in [-0.2, -0.15) is 5.26 Å². The number of nitrogens with zero attached hydrogens (tertiary/aromatic N) is 2. The molecule has 0 aliphatic carbocycles. The minimum absolute atomic E-state index is 0.0313. The van der Waals surface area contributed by atoms with E-state index >= 15 is 0 Å². The first-order valence-corrected chi connectivity index (χ1v) is 8.16. The van der Waals surface area contributed by atoms with E-state index in [2.05, 4.69) is 6.92 Å². The lowest BCUT2D eigenvalue weighted by Gasteiger charge is -2.28. The van der Waals surface area contributed by atoms with Crippen LogP contribution in [-0.4, -0.2) is 17.9 Å². The fourth-order valence-electron chi connectivity index (χ4n) is 2.72. The Morgan fingerprint density at radius 2 is 1.71 bits per heavy atom. The van der Waals surface area contributed by atoms with Gasteiger partial charge in [-0.1, -0.05) is 74.0 Å². The average molecular weight is 318 g/mol. The van der Waals surface area contributed by atoms with E-state index in [9.17, 15) is 10.1 Å². The van der Waals surface area contributed by atoms with Gasteiger partial charge in [0, 0.05) is 7.05 Å². The van der Waals surface area contributed by atoms with E-state index in [1.165, 1.54) is 0 Å². The number of rotatable bonds is 6. The van der Waals surface area contributed by atoms with Gasteiger partial charge in [-0.05, 0) is 23.6 Å². The van der Waals surface area contributed by atoms with Gasteiger partial charge in [0.05, 0.1) is 6.04 Å². The van der Waals surface area contributed by atoms with Crippen LogP contribution >= 0.6 is 0 Å². The Bertz CT molecular complexity index is 729. The number of nitriles is 1. The number of carbonyl (C=O) groups excluding carboxylic acids is 1. The van der Waals surface area contributed by atoms with E-state index in [4.69, 9.17) is 0 Å². The summed E-state index contributed by atoms with van der Waals surface area (Å²) in [6.07, 6.45) is 3.46. The molecule has 0 bridgehead atoms. The first-order chi connectivity index (χ1) is 11.7. The molecule has 0 saturated carbocycles. The Morgan fingerprint density at radius 1 is 1.12 bits per heavy atom. The lowest BCUT2D eigenvalue weighted by molar-refractivity contribution is -0.127. The molecule has 3 heteroatoms. The summed E-state index contributed by atoms with van der Waals surface area (Å²) in [6, 6.07) is 21.4. The second-order valence-electron chi connectivity index (χ2n) is 5.71. The highest BCUT2D eigenvalue weighted by Crippen LogP contribution is 2.26. The van der Waals surface area contributed by atoms with Crippen LogP contribution in [0.2, 0.25) is 0 Å². The summed E-state index contributed by atoms with van der Waals surface area (Å²) < 4.78 is 0. The van der Waals surface area contributed by atoms with Crippen LogP contribution in [0.4, 0.5) is 0 Å². The Balaban J connectivity index is 2.28. The largest absolute Gasteiger partial charge is 0.334 e. The molecule has 0 aliphatic heterocycles. The number of benzene rings is 2. The molecule has 0 N–H and O–H groups in total. The average Bonchev–Trinajstić information content (AvgIpc) is 2.64. The third-order valence-corrected chi connectivity index (χ3v) is 4.00. The molecule has 0 aliphatic rings. The van der Waals surface area contributed by atoms with Crippen LogP contribution in [0.1, 0.15) is 36.9 Å². The number of hydrogen-bond acceptors (Lipinski definition) is 2. The summed E-state index contributed by atoms with van der Waals surface area (Å²) in [5.74, 6) is -0.247. The van der Waals surface area contributed by atoms with Gasteiger partial charge in [-0.25, -0.2) is 0 Å². The van der Waals surface area contributed by atoms with Crippen molar-refractivity contribution in [2.75, 3.05) is 7.05 Å². The van der Waals surface area contributed by atoms with Crippen molar-refractivity contribution >= 4 is 12.0 Å². The minimum Gasteiger partial charge on any atom is -0.334 e. The van der Waals surface area contributed by atoms with Gasteiger partial charge in [-0.15, -0.1) is 0 Å². The van der Waals surface area contributed by atoms with Gasteiger partial charge < -0.3 is 4.90 Å². The Labute approximate surface area is 143 Å². The third-order valence-electron chi connectivity index (χ3n) is 4.00. The summed E-state index contributed by atoms with van der Waals surface area (Å²) in [5, 5.41) is 9.42. The van der Waals surface area contributed by atoms with Crippen molar-refractivity contribution in [1.82, 2.24) is 4.90 Å². The maximum atomic E-state index is 12.8.